The average molecular weight is 419 g/mol. The highest BCUT2D eigenvalue weighted by Gasteiger charge is 2.23. The zero-order valence-corrected chi connectivity index (χ0v) is 17.7. The summed E-state index contributed by atoms with van der Waals surface area (Å²) in [5.41, 5.74) is 0.00779. The number of hydrogen-bond acceptors (Lipinski definition) is 6. The number of carbonyl (C=O) groups excluding carboxylic acids is 4. The number of anilines is 1. The number of hydrogen-bond donors (Lipinski definition) is 3. The highest BCUT2D eigenvalue weighted by Crippen LogP contribution is 2.17. The number of rotatable bonds is 5. The minimum absolute atomic E-state index is 0.0726. The molecule has 0 aliphatic heterocycles. The molecule has 1 unspecified atom stereocenters. The zero-order chi connectivity index (χ0) is 22.3. The van der Waals surface area contributed by atoms with Crippen LogP contribution in [0, 0.1) is 0 Å². The van der Waals surface area contributed by atoms with E-state index in [1.54, 1.807) is 20.8 Å². The third-order valence-corrected chi connectivity index (χ3v) is 4.35. The summed E-state index contributed by atoms with van der Waals surface area (Å²) >= 11 is 0. The third kappa shape index (κ3) is 7.73. The van der Waals surface area contributed by atoms with Crippen molar-refractivity contribution in [2.24, 2.45) is 0 Å². The predicted octanol–water partition coefficient (Wildman–Crippen LogP) is 3.35. The molecule has 9 nitrogen and oxygen atoms in total. The Balaban J connectivity index is 1.82. The van der Waals surface area contributed by atoms with E-state index >= 15 is 0 Å². The van der Waals surface area contributed by atoms with Gasteiger partial charge < -0.3 is 14.8 Å². The smallest absolute Gasteiger partial charge is 0.412 e. The highest BCUT2D eigenvalue weighted by atomic mass is 16.6. The molecule has 2 rings (SSSR count). The third-order valence-electron chi connectivity index (χ3n) is 4.35. The van der Waals surface area contributed by atoms with Gasteiger partial charge in [0.05, 0.1) is 5.56 Å². The topological polar surface area (TPSA) is 123 Å². The minimum atomic E-state index is -1.15. The Hall–Kier alpha value is -3.10. The lowest BCUT2D eigenvalue weighted by molar-refractivity contribution is -0.127. The molecule has 4 amide bonds. The first-order valence-electron chi connectivity index (χ1n) is 9.96. The van der Waals surface area contributed by atoms with Gasteiger partial charge in [0.1, 0.15) is 5.60 Å². The van der Waals surface area contributed by atoms with E-state index in [4.69, 9.17) is 9.47 Å². The van der Waals surface area contributed by atoms with Crippen molar-refractivity contribution in [2.75, 3.05) is 5.32 Å². The molecule has 1 aromatic carbocycles. The van der Waals surface area contributed by atoms with Crippen LogP contribution < -0.4 is 16.0 Å². The normalized spacial score (nSPS) is 15.1. The van der Waals surface area contributed by atoms with Crippen molar-refractivity contribution in [2.45, 2.75) is 71.1 Å². The van der Waals surface area contributed by atoms with Crippen molar-refractivity contribution >= 4 is 29.7 Å². The van der Waals surface area contributed by atoms with Crippen LogP contribution in [0.15, 0.2) is 24.3 Å². The molecule has 9 heteroatoms. The van der Waals surface area contributed by atoms with Crippen LogP contribution in [-0.2, 0) is 14.3 Å². The Labute approximate surface area is 175 Å². The van der Waals surface area contributed by atoms with Gasteiger partial charge in [-0.1, -0.05) is 12.8 Å². The number of imide groups is 1. The molecule has 0 aromatic heterocycles. The lowest BCUT2D eigenvalue weighted by atomic mass is 10.2. The molecular formula is C21H29N3O6. The van der Waals surface area contributed by atoms with Gasteiger partial charge in [-0.2, -0.15) is 0 Å². The number of carbonyl (C=O) groups is 4. The van der Waals surface area contributed by atoms with E-state index in [2.05, 4.69) is 16.0 Å². The largest absolute Gasteiger partial charge is 0.449 e. The van der Waals surface area contributed by atoms with Crippen molar-refractivity contribution in [1.29, 1.82) is 0 Å². The Morgan fingerprint density at radius 3 is 2.20 bits per heavy atom. The van der Waals surface area contributed by atoms with Crippen molar-refractivity contribution in [1.82, 2.24) is 10.6 Å². The summed E-state index contributed by atoms with van der Waals surface area (Å²) < 4.78 is 10.3. The van der Waals surface area contributed by atoms with Crippen LogP contribution >= 0.6 is 0 Å². The van der Waals surface area contributed by atoms with Crippen molar-refractivity contribution in [3.05, 3.63) is 29.8 Å². The first kappa shape index (κ1) is 23.2. The van der Waals surface area contributed by atoms with Gasteiger partial charge in [0.15, 0.2) is 6.10 Å². The number of ether oxygens (including phenoxy) is 2. The Morgan fingerprint density at radius 1 is 1.03 bits per heavy atom. The molecule has 0 bridgehead atoms. The first-order chi connectivity index (χ1) is 14.0. The molecule has 1 aromatic rings. The quantitative estimate of drug-likeness (QED) is 0.629. The van der Waals surface area contributed by atoms with E-state index in [0.717, 1.165) is 25.7 Å². The fraction of sp³-hybridized carbons (Fsp3) is 0.524. The number of amides is 4. The summed E-state index contributed by atoms with van der Waals surface area (Å²) in [6, 6.07) is 5.41. The summed E-state index contributed by atoms with van der Waals surface area (Å²) in [7, 11) is 0. The van der Waals surface area contributed by atoms with Crippen molar-refractivity contribution in [3.8, 4) is 0 Å². The molecule has 0 heterocycles. The number of nitrogens with one attached hydrogen (secondary N) is 3. The second-order valence-corrected chi connectivity index (χ2v) is 8.20. The van der Waals surface area contributed by atoms with Gasteiger partial charge in [-0.05, 0) is 64.8 Å². The van der Waals surface area contributed by atoms with Crippen molar-refractivity contribution < 1.29 is 28.7 Å². The van der Waals surface area contributed by atoms with E-state index in [9.17, 15) is 19.2 Å². The molecule has 1 saturated carbocycles. The first-order valence-corrected chi connectivity index (χ1v) is 9.96. The van der Waals surface area contributed by atoms with Crippen LogP contribution in [0.25, 0.3) is 0 Å². The van der Waals surface area contributed by atoms with E-state index in [0.29, 0.717) is 5.69 Å². The molecule has 1 fully saturated rings. The number of benzene rings is 1. The van der Waals surface area contributed by atoms with Crippen molar-refractivity contribution in [3.63, 3.8) is 0 Å². The standard InChI is InChI=1S/C21H29N3O6/c1-13(17(25)24-19(27)22-15-7-5-6-8-15)29-18(26)14-9-11-16(12-10-14)23-20(28)30-21(2,3)4/h9-13,15H,5-8H2,1-4H3,(H,23,28)(H2,22,24,25,27). The molecule has 0 saturated heterocycles. The number of esters is 1. The maximum atomic E-state index is 12.2. The second kappa shape index (κ2) is 10.1. The summed E-state index contributed by atoms with van der Waals surface area (Å²) in [5, 5.41) is 7.47. The summed E-state index contributed by atoms with van der Waals surface area (Å²) in [4.78, 5) is 47.9. The lowest BCUT2D eigenvalue weighted by Crippen LogP contribution is -2.47. The molecule has 1 aliphatic rings. The molecule has 1 aliphatic carbocycles. The maximum Gasteiger partial charge on any atom is 0.412 e. The number of urea groups is 1. The van der Waals surface area contributed by atoms with Gasteiger partial charge in [0.25, 0.3) is 5.91 Å². The van der Waals surface area contributed by atoms with Crippen LogP contribution in [0.3, 0.4) is 0 Å². The summed E-state index contributed by atoms with van der Waals surface area (Å²) in [5.74, 6) is -1.43. The zero-order valence-electron chi connectivity index (χ0n) is 17.7. The monoisotopic (exact) mass is 419 g/mol. The van der Waals surface area contributed by atoms with Crippen LogP contribution in [0.1, 0.15) is 63.7 Å². The van der Waals surface area contributed by atoms with Crippen LogP contribution in [-0.4, -0.2) is 41.7 Å². The summed E-state index contributed by atoms with van der Waals surface area (Å²) in [6.07, 6.45) is 2.14. The second-order valence-electron chi connectivity index (χ2n) is 8.20. The van der Waals surface area contributed by atoms with Crippen LogP contribution in [0.2, 0.25) is 0 Å². The van der Waals surface area contributed by atoms with E-state index in [1.807, 2.05) is 0 Å². The van der Waals surface area contributed by atoms with Gasteiger partial charge in [-0.25, -0.2) is 14.4 Å². The molecule has 30 heavy (non-hydrogen) atoms. The molecular weight excluding hydrogens is 390 g/mol. The minimum Gasteiger partial charge on any atom is -0.449 e. The summed E-state index contributed by atoms with van der Waals surface area (Å²) in [6.45, 7) is 6.64. The van der Waals surface area contributed by atoms with E-state index in [1.165, 1.54) is 31.2 Å². The van der Waals surface area contributed by atoms with E-state index in [-0.39, 0.29) is 11.6 Å². The van der Waals surface area contributed by atoms with Crippen LogP contribution in [0.4, 0.5) is 15.3 Å². The highest BCUT2D eigenvalue weighted by molar-refractivity contribution is 5.98. The molecule has 0 radical (unpaired) electrons. The van der Waals surface area contributed by atoms with Gasteiger partial charge in [-0.3, -0.25) is 15.4 Å². The van der Waals surface area contributed by atoms with Gasteiger partial charge in [0, 0.05) is 11.7 Å². The molecule has 1 atom stereocenters. The SMILES string of the molecule is CC(OC(=O)c1ccc(NC(=O)OC(C)(C)C)cc1)C(=O)NC(=O)NC1CCCC1. The Morgan fingerprint density at radius 2 is 1.63 bits per heavy atom. The fourth-order valence-corrected chi connectivity index (χ4v) is 2.90. The van der Waals surface area contributed by atoms with Gasteiger partial charge in [0.2, 0.25) is 0 Å². The van der Waals surface area contributed by atoms with Gasteiger partial charge >= 0.3 is 18.1 Å². The Kier molecular flexibility index (Phi) is 7.79. The maximum absolute atomic E-state index is 12.2. The fourth-order valence-electron chi connectivity index (χ4n) is 2.90. The van der Waals surface area contributed by atoms with Crippen LogP contribution in [0.5, 0.6) is 0 Å². The van der Waals surface area contributed by atoms with E-state index < -0.39 is 35.7 Å². The predicted molar refractivity (Wildman–Crippen MR) is 110 cm³/mol. The average Bonchev–Trinajstić information content (AvgIpc) is 3.13. The Bertz CT molecular complexity index is 779. The molecule has 164 valence electrons. The van der Waals surface area contributed by atoms with Gasteiger partial charge in [-0.15, -0.1) is 0 Å². The lowest BCUT2D eigenvalue weighted by Gasteiger charge is -2.19. The molecule has 3 N–H and O–H groups in total. The molecule has 0 spiro atoms.